The summed E-state index contributed by atoms with van der Waals surface area (Å²) >= 11 is 2.89. The number of aromatic nitrogens is 2. The van der Waals surface area contributed by atoms with Gasteiger partial charge in [0.05, 0.1) is 12.2 Å². The molecule has 12 heteroatoms. The number of carbonyl (C=O) groups is 1. The molecule has 0 unspecified atom stereocenters. The number of para-hydroxylation sites is 1. The molecule has 0 atom stereocenters. The van der Waals surface area contributed by atoms with Gasteiger partial charge in [0, 0.05) is 25.4 Å². The first-order valence-corrected chi connectivity index (χ1v) is 13.2. The molecule has 1 heterocycles. The average Bonchev–Trinajstić information content (AvgIpc) is 3.24. The monoisotopic (exact) mass is 509 g/mol. The van der Waals surface area contributed by atoms with Crippen molar-refractivity contribution in [2.45, 2.75) is 24.2 Å². The summed E-state index contributed by atoms with van der Waals surface area (Å²) in [7, 11) is -1.18. The van der Waals surface area contributed by atoms with Gasteiger partial charge in [0.25, 0.3) is 5.91 Å². The van der Waals surface area contributed by atoms with E-state index in [1.54, 1.807) is 42.1 Å². The number of halogens is 1. The number of nitrogens with zero attached hydrogens (tertiary/aromatic N) is 4. The Morgan fingerprint density at radius 1 is 1.12 bits per heavy atom. The second-order valence-electron chi connectivity index (χ2n) is 7.12. The van der Waals surface area contributed by atoms with Crippen molar-refractivity contribution in [1.82, 2.24) is 14.5 Å². The molecule has 0 aliphatic rings. The van der Waals surface area contributed by atoms with E-state index in [1.165, 1.54) is 43.6 Å². The van der Waals surface area contributed by atoms with E-state index in [-0.39, 0.29) is 18.1 Å². The Morgan fingerprint density at radius 2 is 1.82 bits per heavy atom. The van der Waals surface area contributed by atoms with Gasteiger partial charge >= 0.3 is 10.2 Å². The van der Waals surface area contributed by atoms with E-state index in [4.69, 9.17) is 0 Å². The Morgan fingerprint density at radius 3 is 2.45 bits per heavy atom. The van der Waals surface area contributed by atoms with E-state index in [1.807, 2.05) is 0 Å². The molecule has 33 heavy (non-hydrogen) atoms. The number of rotatable bonds is 10. The summed E-state index contributed by atoms with van der Waals surface area (Å²) in [5.41, 5.74) is 0.917. The first kappa shape index (κ1) is 25.1. The van der Waals surface area contributed by atoms with Crippen molar-refractivity contribution in [2.75, 3.05) is 29.5 Å². The highest BCUT2D eigenvalue weighted by Gasteiger charge is 2.27. The van der Waals surface area contributed by atoms with E-state index >= 15 is 0 Å². The Balaban J connectivity index is 1.75. The number of carbonyl (C=O) groups excluding carboxylic acids is 1. The number of amides is 1. The predicted octanol–water partition coefficient (Wildman–Crippen LogP) is 4.24. The van der Waals surface area contributed by atoms with Crippen molar-refractivity contribution in [2.24, 2.45) is 0 Å². The molecule has 0 aliphatic heterocycles. The van der Waals surface area contributed by atoms with Gasteiger partial charge in [-0.25, -0.2) is 4.39 Å². The van der Waals surface area contributed by atoms with Crippen LogP contribution in [0.4, 0.5) is 15.2 Å². The smallest absolute Gasteiger partial charge is 0.296 e. The molecule has 1 N–H and O–H groups in total. The maximum Gasteiger partial charge on any atom is 0.303 e. The summed E-state index contributed by atoms with van der Waals surface area (Å²) < 4.78 is 42.9. The molecule has 8 nitrogen and oxygen atoms in total. The summed E-state index contributed by atoms with van der Waals surface area (Å²) in [5, 5.41) is 11.1. The average molecular weight is 510 g/mol. The van der Waals surface area contributed by atoms with Crippen LogP contribution >= 0.6 is 23.1 Å². The summed E-state index contributed by atoms with van der Waals surface area (Å²) in [6.45, 7) is 1.98. The molecule has 0 fully saturated rings. The van der Waals surface area contributed by atoms with Crippen molar-refractivity contribution in [3.05, 3.63) is 65.5 Å². The fraction of sp³-hybridized carbons (Fsp3) is 0.286. The Hall–Kier alpha value is -2.54. The summed E-state index contributed by atoms with van der Waals surface area (Å²) in [5.74, 6) is -0.0682. The maximum absolute atomic E-state index is 14.4. The van der Waals surface area contributed by atoms with Crippen LogP contribution in [-0.4, -0.2) is 48.7 Å². The van der Waals surface area contributed by atoms with Crippen LogP contribution in [0.25, 0.3) is 0 Å². The fourth-order valence-corrected chi connectivity index (χ4v) is 5.52. The van der Waals surface area contributed by atoms with Crippen LogP contribution in [0.2, 0.25) is 0 Å². The normalized spacial score (nSPS) is 11.5. The molecule has 1 aromatic heterocycles. The maximum atomic E-state index is 14.4. The molecular weight excluding hydrogens is 485 g/mol. The number of thioether (sulfide) groups is 1. The molecular formula is C21H24FN5O3S3. The minimum atomic E-state index is -3.95. The number of hydrogen-bond donors (Lipinski definition) is 1. The van der Waals surface area contributed by atoms with Crippen molar-refractivity contribution < 1.29 is 17.6 Å². The van der Waals surface area contributed by atoms with Gasteiger partial charge in [-0.3, -0.25) is 14.4 Å². The second kappa shape index (κ2) is 11.1. The van der Waals surface area contributed by atoms with E-state index in [0.29, 0.717) is 16.3 Å². The minimum absolute atomic E-state index is 0.0546. The first-order chi connectivity index (χ1) is 15.7. The van der Waals surface area contributed by atoms with Gasteiger partial charge in [0.1, 0.15) is 5.82 Å². The van der Waals surface area contributed by atoms with Crippen molar-refractivity contribution in [3.8, 4) is 0 Å². The van der Waals surface area contributed by atoms with Crippen molar-refractivity contribution in [3.63, 3.8) is 0 Å². The molecule has 0 spiro atoms. The fourth-order valence-electron chi connectivity index (χ4n) is 2.75. The summed E-state index contributed by atoms with van der Waals surface area (Å²) in [6, 6.07) is 12.1. The van der Waals surface area contributed by atoms with Crippen LogP contribution in [0, 0.1) is 5.82 Å². The Bertz CT molecular complexity index is 1200. The topological polar surface area (TPSA) is 95.5 Å². The lowest BCUT2D eigenvalue weighted by Gasteiger charge is -2.27. The predicted molar refractivity (Wildman–Crippen MR) is 131 cm³/mol. The molecule has 0 saturated heterocycles. The zero-order valence-corrected chi connectivity index (χ0v) is 20.8. The molecule has 176 valence electrons. The van der Waals surface area contributed by atoms with Crippen LogP contribution in [0.15, 0.2) is 52.9 Å². The van der Waals surface area contributed by atoms with E-state index in [0.717, 1.165) is 25.1 Å². The SMILES string of the molecule is CCCSc1nnc(NC(=O)c2ccc(CN(c3ccccc3F)S(=O)(=O)N(C)C)cc2)s1. The molecule has 0 bridgehead atoms. The summed E-state index contributed by atoms with van der Waals surface area (Å²) in [4.78, 5) is 12.5. The minimum Gasteiger partial charge on any atom is -0.296 e. The number of nitrogens with one attached hydrogen (secondary N) is 1. The van der Waals surface area contributed by atoms with Crippen molar-refractivity contribution >= 4 is 50.0 Å². The van der Waals surface area contributed by atoms with E-state index < -0.39 is 16.0 Å². The largest absolute Gasteiger partial charge is 0.303 e. The van der Waals surface area contributed by atoms with Gasteiger partial charge in [-0.2, -0.15) is 12.7 Å². The molecule has 3 rings (SSSR count). The second-order valence-corrected chi connectivity index (χ2v) is 11.5. The van der Waals surface area contributed by atoms with Crippen LogP contribution in [0.3, 0.4) is 0 Å². The molecule has 3 aromatic rings. The molecule has 0 saturated carbocycles. The molecule has 0 aliphatic carbocycles. The highest BCUT2D eigenvalue weighted by molar-refractivity contribution is 8.01. The van der Waals surface area contributed by atoms with Crippen molar-refractivity contribution in [1.29, 1.82) is 0 Å². The molecule has 2 aromatic carbocycles. The lowest BCUT2D eigenvalue weighted by Crippen LogP contribution is -2.40. The number of hydrogen-bond acceptors (Lipinski definition) is 7. The summed E-state index contributed by atoms with van der Waals surface area (Å²) in [6.07, 6.45) is 1.02. The Labute approximate surface area is 201 Å². The highest BCUT2D eigenvalue weighted by Crippen LogP contribution is 2.27. The third-order valence-corrected chi connectivity index (χ3v) is 8.44. The van der Waals surface area contributed by atoms with E-state index in [2.05, 4.69) is 22.4 Å². The Kier molecular flexibility index (Phi) is 8.40. The first-order valence-electron chi connectivity index (χ1n) is 10.0. The lowest BCUT2D eigenvalue weighted by molar-refractivity contribution is 0.102. The highest BCUT2D eigenvalue weighted by atomic mass is 32.2. The van der Waals surface area contributed by atoms with Crippen LogP contribution in [-0.2, 0) is 16.8 Å². The molecule has 0 radical (unpaired) electrons. The standard InChI is InChI=1S/C21H24FN5O3S3/c1-4-13-31-21-25-24-20(32-21)23-19(28)16-11-9-15(10-12-16)14-27(33(29,30)26(2)3)18-8-6-5-7-17(18)22/h5-12H,4,13-14H2,1-3H3,(H,23,24,28). The van der Waals surface area contributed by atoms with E-state index in [9.17, 15) is 17.6 Å². The van der Waals surface area contributed by atoms with Crippen LogP contribution in [0.1, 0.15) is 29.3 Å². The zero-order valence-electron chi connectivity index (χ0n) is 18.4. The van der Waals surface area contributed by atoms with Crippen LogP contribution in [0.5, 0.6) is 0 Å². The van der Waals surface area contributed by atoms with Gasteiger partial charge < -0.3 is 0 Å². The van der Waals surface area contributed by atoms with Gasteiger partial charge in [-0.15, -0.1) is 10.2 Å². The zero-order chi connectivity index (χ0) is 24.0. The van der Waals surface area contributed by atoms with Gasteiger partial charge in [0.2, 0.25) is 5.13 Å². The van der Waals surface area contributed by atoms with Gasteiger partial charge in [-0.05, 0) is 36.2 Å². The lowest BCUT2D eigenvalue weighted by atomic mass is 10.1. The molecule has 1 amide bonds. The quantitative estimate of drug-likeness (QED) is 0.324. The van der Waals surface area contributed by atoms with Crippen LogP contribution < -0.4 is 9.62 Å². The number of anilines is 2. The van der Waals surface area contributed by atoms with Gasteiger partial charge in [0.15, 0.2) is 4.34 Å². The third-order valence-electron chi connectivity index (χ3n) is 4.46. The third kappa shape index (κ3) is 6.28. The van der Waals surface area contributed by atoms with Gasteiger partial charge in [-0.1, -0.05) is 54.3 Å². The number of benzene rings is 2.